The first-order valence-electron chi connectivity index (χ1n) is 14.7. The molecule has 228 valence electrons. The summed E-state index contributed by atoms with van der Waals surface area (Å²) in [6, 6.07) is 21.5. The summed E-state index contributed by atoms with van der Waals surface area (Å²) in [5.74, 6) is -0.467. The second kappa shape index (κ2) is 15.3. The molecule has 3 aromatic rings. The molecule has 43 heavy (non-hydrogen) atoms. The van der Waals surface area contributed by atoms with E-state index in [1.165, 1.54) is 12.0 Å². The van der Waals surface area contributed by atoms with E-state index in [1.807, 2.05) is 73.8 Å². The Morgan fingerprint density at radius 1 is 0.977 bits per heavy atom. The lowest BCUT2D eigenvalue weighted by Crippen LogP contribution is -2.56. The van der Waals surface area contributed by atoms with Crippen LogP contribution in [0.3, 0.4) is 0 Å². The highest BCUT2D eigenvalue weighted by Crippen LogP contribution is 2.30. The van der Waals surface area contributed by atoms with E-state index in [4.69, 9.17) is 9.47 Å². The number of likely N-dealkylation sites (N-methyl/N-ethyl adjacent to an activating group) is 2. The number of fused-ring (bicyclic) bond motifs is 5. The molecule has 3 N–H and O–H groups in total. The van der Waals surface area contributed by atoms with E-state index in [-0.39, 0.29) is 18.2 Å². The third kappa shape index (κ3) is 8.21. The molecule has 0 fully saturated rings. The quantitative estimate of drug-likeness (QED) is 0.261. The third-order valence-electron chi connectivity index (χ3n) is 7.90. The van der Waals surface area contributed by atoms with Crippen molar-refractivity contribution in [2.45, 2.75) is 50.4 Å². The van der Waals surface area contributed by atoms with Gasteiger partial charge in [-0.3, -0.25) is 9.59 Å². The molecule has 3 atom stereocenters. The van der Waals surface area contributed by atoms with Gasteiger partial charge in [0, 0.05) is 19.9 Å². The SMILES string of the molecule is CNCCC[C@@H]1NC(=O)[C@@H](NC)Cc2cc(ccc2OCc2ccccc2)-c2cccc(c2)C[C@@H](C(=O)OC)N(C)C1=O. The summed E-state index contributed by atoms with van der Waals surface area (Å²) < 4.78 is 11.4. The molecule has 0 saturated heterocycles. The number of ether oxygens (including phenoxy) is 2. The number of hydrogen-bond acceptors (Lipinski definition) is 7. The van der Waals surface area contributed by atoms with E-state index in [0.717, 1.165) is 27.8 Å². The fraction of sp³-hybridized carbons (Fsp3) is 0.382. The van der Waals surface area contributed by atoms with Crippen LogP contribution in [0.5, 0.6) is 5.75 Å². The fourth-order valence-corrected chi connectivity index (χ4v) is 5.37. The van der Waals surface area contributed by atoms with E-state index >= 15 is 0 Å². The molecule has 0 spiro atoms. The summed E-state index contributed by atoms with van der Waals surface area (Å²) in [5.41, 5.74) is 4.70. The second-order valence-electron chi connectivity index (χ2n) is 10.8. The van der Waals surface area contributed by atoms with E-state index < -0.39 is 24.1 Å². The molecule has 4 bridgehead atoms. The Bertz CT molecular complexity index is 1400. The van der Waals surface area contributed by atoms with E-state index in [1.54, 1.807) is 14.1 Å². The Kier molecular flexibility index (Phi) is 11.3. The monoisotopic (exact) mass is 586 g/mol. The number of amides is 2. The number of esters is 1. The topological polar surface area (TPSA) is 109 Å². The molecule has 0 aliphatic carbocycles. The van der Waals surface area contributed by atoms with Crippen molar-refractivity contribution in [2.24, 2.45) is 0 Å². The average Bonchev–Trinajstić information content (AvgIpc) is 3.04. The van der Waals surface area contributed by atoms with Crippen molar-refractivity contribution in [3.8, 4) is 16.9 Å². The summed E-state index contributed by atoms with van der Waals surface area (Å²) in [6.07, 6.45) is 1.69. The maximum absolute atomic E-state index is 13.8. The highest BCUT2D eigenvalue weighted by atomic mass is 16.5. The molecule has 0 aromatic heterocycles. The number of carbonyl (C=O) groups excluding carboxylic acids is 3. The molecule has 1 heterocycles. The zero-order valence-corrected chi connectivity index (χ0v) is 25.4. The van der Waals surface area contributed by atoms with Crippen molar-refractivity contribution in [1.29, 1.82) is 0 Å². The van der Waals surface area contributed by atoms with Gasteiger partial charge in [-0.1, -0.05) is 60.7 Å². The molecule has 9 heteroatoms. The molecule has 1 aliphatic heterocycles. The van der Waals surface area contributed by atoms with Gasteiger partial charge in [-0.25, -0.2) is 4.79 Å². The average molecular weight is 587 g/mol. The van der Waals surface area contributed by atoms with Crippen molar-refractivity contribution in [3.05, 3.63) is 89.5 Å². The van der Waals surface area contributed by atoms with E-state index in [9.17, 15) is 14.4 Å². The largest absolute Gasteiger partial charge is 0.489 e. The standard InChI is InChI=1S/C34H42N4O5/c1-35-17-9-14-28-33(40)38(3)30(34(41)42-4)19-24-12-8-13-25(18-24)26-15-16-31(43-22-23-10-6-5-7-11-23)27(20-26)21-29(36-2)32(39)37-28/h5-8,10-13,15-16,18,20,28-30,35-36H,9,14,17,19,21-22H2,1-4H3,(H,37,39)/t28-,29-,30-/m0/s1. The molecule has 0 unspecified atom stereocenters. The van der Waals surface area contributed by atoms with Crippen molar-refractivity contribution in [3.63, 3.8) is 0 Å². The van der Waals surface area contributed by atoms with E-state index in [0.29, 0.717) is 38.2 Å². The Balaban J connectivity index is 1.77. The Hall–Kier alpha value is -4.21. The molecule has 9 nitrogen and oxygen atoms in total. The van der Waals surface area contributed by atoms with Crippen LogP contribution in [0.4, 0.5) is 0 Å². The van der Waals surface area contributed by atoms with Gasteiger partial charge in [0.05, 0.1) is 13.2 Å². The van der Waals surface area contributed by atoms with Crippen LogP contribution >= 0.6 is 0 Å². The third-order valence-corrected chi connectivity index (χ3v) is 7.90. The first-order valence-corrected chi connectivity index (χ1v) is 14.7. The van der Waals surface area contributed by atoms with Crippen LogP contribution in [0, 0.1) is 0 Å². The molecule has 1 aliphatic rings. The molecular formula is C34H42N4O5. The zero-order chi connectivity index (χ0) is 30.8. The Labute approximate surface area is 253 Å². The maximum atomic E-state index is 13.8. The number of methoxy groups -OCH3 is 1. The molecular weight excluding hydrogens is 544 g/mol. The van der Waals surface area contributed by atoms with Gasteiger partial charge in [0.1, 0.15) is 24.4 Å². The summed E-state index contributed by atoms with van der Waals surface area (Å²) in [7, 11) is 6.48. The summed E-state index contributed by atoms with van der Waals surface area (Å²) in [6.45, 7) is 1.07. The van der Waals surface area contributed by atoms with Gasteiger partial charge < -0.3 is 30.3 Å². The smallest absolute Gasteiger partial charge is 0.328 e. The number of rotatable bonds is 9. The van der Waals surface area contributed by atoms with Crippen LogP contribution < -0.4 is 20.7 Å². The van der Waals surface area contributed by atoms with Gasteiger partial charge in [0.15, 0.2) is 0 Å². The van der Waals surface area contributed by atoms with Gasteiger partial charge in [0.2, 0.25) is 11.8 Å². The number of nitrogens with one attached hydrogen (secondary N) is 3. The minimum atomic E-state index is -0.856. The number of carbonyl (C=O) groups is 3. The van der Waals surface area contributed by atoms with Crippen LogP contribution in [0.2, 0.25) is 0 Å². The lowest BCUT2D eigenvalue weighted by Gasteiger charge is -2.31. The molecule has 2 amide bonds. The van der Waals surface area contributed by atoms with Crippen LogP contribution in [0.15, 0.2) is 72.8 Å². The summed E-state index contributed by atoms with van der Waals surface area (Å²) in [5, 5.41) is 9.21. The van der Waals surface area contributed by atoms with Gasteiger partial charge in [0.25, 0.3) is 0 Å². The zero-order valence-electron chi connectivity index (χ0n) is 25.4. The number of benzene rings is 3. The minimum absolute atomic E-state index is 0.268. The van der Waals surface area contributed by atoms with Crippen molar-refractivity contribution in [2.75, 3.05) is 34.8 Å². The lowest BCUT2D eigenvalue weighted by atomic mass is 9.95. The fourth-order valence-electron chi connectivity index (χ4n) is 5.37. The van der Waals surface area contributed by atoms with Crippen molar-refractivity contribution in [1.82, 2.24) is 20.9 Å². The second-order valence-corrected chi connectivity index (χ2v) is 10.8. The van der Waals surface area contributed by atoms with E-state index in [2.05, 4.69) is 22.0 Å². The van der Waals surface area contributed by atoms with Gasteiger partial charge >= 0.3 is 5.97 Å². The van der Waals surface area contributed by atoms with Crippen LogP contribution in [-0.2, 0) is 38.6 Å². The Morgan fingerprint density at radius 3 is 2.47 bits per heavy atom. The van der Waals surface area contributed by atoms with Crippen LogP contribution in [-0.4, -0.2) is 75.6 Å². The van der Waals surface area contributed by atoms with Crippen molar-refractivity contribution >= 4 is 17.8 Å². The van der Waals surface area contributed by atoms with Crippen molar-refractivity contribution < 1.29 is 23.9 Å². The number of nitrogens with zero attached hydrogens (tertiary/aromatic N) is 1. The first kappa shape index (κ1) is 31.7. The lowest BCUT2D eigenvalue weighted by molar-refractivity contribution is -0.152. The maximum Gasteiger partial charge on any atom is 0.328 e. The normalized spacial score (nSPS) is 19.2. The predicted octanol–water partition coefficient (Wildman–Crippen LogP) is 3.10. The minimum Gasteiger partial charge on any atom is -0.489 e. The van der Waals surface area contributed by atoms with Crippen LogP contribution in [0.1, 0.15) is 29.5 Å². The highest BCUT2D eigenvalue weighted by Gasteiger charge is 2.34. The molecule has 3 aromatic carbocycles. The molecule has 0 saturated carbocycles. The van der Waals surface area contributed by atoms with Gasteiger partial charge in [-0.15, -0.1) is 0 Å². The highest BCUT2D eigenvalue weighted by molar-refractivity contribution is 5.92. The number of hydrogen-bond donors (Lipinski definition) is 3. The molecule has 0 radical (unpaired) electrons. The van der Waals surface area contributed by atoms with Gasteiger partial charge in [-0.05, 0) is 73.4 Å². The van der Waals surface area contributed by atoms with Crippen LogP contribution in [0.25, 0.3) is 11.1 Å². The Morgan fingerprint density at radius 2 is 1.74 bits per heavy atom. The summed E-state index contributed by atoms with van der Waals surface area (Å²) >= 11 is 0. The summed E-state index contributed by atoms with van der Waals surface area (Å²) in [4.78, 5) is 41.9. The van der Waals surface area contributed by atoms with Gasteiger partial charge in [-0.2, -0.15) is 0 Å². The first-order chi connectivity index (χ1) is 20.8. The molecule has 4 rings (SSSR count). The predicted molar refractivity (Wildman–Crippen MR) is 167 cm³/mol.